The summed E-state index contributed by atoms with van der Waals surface area (Å²) < 4.78 is 30.1. The second-order valence-electron chi connectivity index (χ2n) is 9.89. The van der Waals surface area contributed by atoms with Gasteiger partial charge in [-0.2, -0.15) is 0 Å². The minimum absolute atomic E-state index is 0.0846. The molecule has 0 unspecified atom stereocenters. The number of allylic oxidation sites excluding steroid dienone is 5. The van der Waals surface area contributed by atoms with Gasteiger partial charge in [0.15, 0.2) is 0 Å². The molecule has 0 amide bonds. The van der Waals surface area contributed by atoms with Crippen molar-refractivity contribution in [3.8, 4) is 24.7 Å². The SMILES string of the molecule is C#C.C=C/C=C(/c1cccc(F)c1)c1nc(Cc2c(N)ncc(C(/C=C(\C#CC)CNCc3ccccc3)=C/C)c2F)[nH]c1C. The zero-order valence-corrected chi connectivity index (χ0v) is 25.8. The molecule has 0 fully saturated rings. The maximum absolute atomic E-state index is 16.1. The Balaban J connectivity index is 0.00000271. The van der Waals surface area contributed by atoms with Crippen molar-refractivity contribution in [2.24, 2.45) is 0 Å². The van der Waals surface area contributed by atoms with Crippen LogP contribution in [-0.4, -0.2) is 21.5 Å². The molecule has 0 aliphatic carbocycles. The predicted octanol–water partition coefficient (Wildman–Crippen LogP) is 7.57. The van der Waals surface area contributed by atoms with Crippen LogP contribution < -0.4 is 11.1 Å². The summed E-state index contributed by atoms with van der Waals surface area (Å²) in [6.45, 7) is 10.5. The Kier molecular flexibility index (Phi) is 12.8. The number of aromatic nitrogens is 3. The molecule has 5 nitrogen and oxygen atoms in total. The summed E-state index contributed by atoms with van der Waals surface area (Å²) in [5.41, 5.74) is 12.1. The third-order valence-corrected chi connectivity index (χ3v) is 6.82. The van der Waals surface area contributed by atoms with Crippen molar-refractivity contribution in [3.63, 3.8) is 0 Å². The fourth-order valence-corrected chi connectivity index (χ4v) is 4.77. The topological polar surface area (TPSA) is 79.6 Å². The van der Waals surface area contributed by atoms with E-state index in [0.29, 0.717) is 46.9 Å². The van der Waals surface area contributed by atoms with Crippen LogP contribution in [0.4, 0.5) is 14.6 Å². The Morgan fingerprint density at radius 3 is 2.56 bits per heavy atom. The average Bonchev–Trinajstić information content (AvgIpc) is 3.41. The van der Waals surface area contributed by atoms with Crippen LogP contribution in [0.15, 0.2) is 97.3 Å². The highest BCUT2D eigenvalue weighted by atomic mass is 19.1. The first kappa shape index (κ1) is 34.0. The first-order valence-electron chi connectivity index (χ1n) is 14.3. The molecule has 4 rings (SSSR count). The van der Waals surface area contributed by atoms with E-state index >= 15 is 4.39 Å². The van der Waals surface area contributed by atoms with E-state index in [0.717, 1.165) is 16.8 Å². The summed E-state index contributed by atoms with van der Waals surface area (Å²) in [6, 6.07) is 16.4. The minimum atomic E-state index is -0.472. The zero-order chi connectivity index (χ0) is 32.8. The second kappa shape index (κ2) is 17.0. The predicted molar refractivity (Wildman–Crippen MR) is 182 cm³/mol. The Labute approximate surface area is 264 Å². The number of pyridine rings is 1. The van der Waals surface area contributed by atoms with Crippen LogP contribution >= 0.6 is 0 Å². The van der Waals surface area contributed by atoms with E-state index in [1.54, 1.807) is 31.2 Å². The Hall–Kier alpha value is -5.50. The van der Waals surface area contributed by atoms with Crippen LogP contribution in [0.1, 0.15) is 53.3 Å². The lowest BCUT2D eigenvalue weighted by Crippen LogP contribution is -2.16. The van der Waals surface area contributed by atoms with Crippen molar-refractivity contribution in [1.82, 2.24) is 20.3 Å². The van der Waals surface area contributed by atoms with E-state index in [2.05, 4.69) is 58.7 Å². The molecule has 45 heavy (non-hydrogen) atoms. The number of anilines is 1. The first-order valence-corrected chi connectivity index (χ1v) is 14.3. The maximum atomic E-state index is 16.1. The van der Waals surface area contributed by atoms with Crippen molar-refractivity contribution in [2.75, 3.05) is 12.3 Å². The molecule has 0 atom stereocenters. The second-order valence-corrected chi connectivity index (χ2v) is 9.89. The molecule has 4 aromatic rings. The van der Waals surface area contributed by atoms with E-state index in [9.17, 15) is 4.39 Å². The zero-order valence-electron chi connectivity index (χ0n) is 25.8. The van der Waals surface area contributed by atoms with Crippen molar-refractivity contribution in [1.29, 1.82) is 0 Å². The van der Waals surface area contributed by atoms with E-state index in [-0.39, 0.29) is 23.6 Å². The fraction of sp³-hybridized carbons (Fsp3) is 0.158. The Morgan fingerprint density at radius 1 is 1.13 bits per heavy atom. The van der Waals surface area contributed by atoms with Crippen LogP contribution in [0, 0.1) is 43.2 Å². The van der Waals surface area contributed by atoms with Crippen molar-refractivity contribution >= 4 is 17.0 Å². The van der Waals surface area contributed by atoms with Gasteiger partial charge < -0.3 is 16.0 Å². The molecule has 228 valence electrons. The van der Waals surface area contributed by atoms with Crippen molar-refractivity contribution in [3.05, 3.63) is 148 Å². The number of aryl methyl sites for hydroxylation is 1. The molecule has 0 spiro atoms. The molecular weight excluding hydrogens is 564 g/mol. The number of benzene rings is 2. The Bertz CT molecular complexity index is 1800. The molecule has 2 aromatic heterocycles. The van der Waals surface area contributed by atoms with Gasteiger partial charge in [0.25, 0.3) is 0 Å². The van der Waals surface area contributed by atoms with Gasteiger partial charge in [0, 0.05) is 53.7 Å². The number of nitrogens with two attached hydrogens (primary N) is 1. The number of nitrogen functional groups attached to an aromatic ring is 1. The van der Waals surface area contributed by atoms with E-state index in [1.165, 1.54) is 18.3 Å². The van der Waals surface area contributed by atoms with Crippen LogP contribution in [0.2, 0.25) is 0 Å². The first-order chi connectivity index (χ1) is 21.8. The number of imidazole rings is 1. The third kappa shape index (κ3) is 9.00. The summed E-state index contributed by atoms with van der Waals surface area (Å²) >= 11 is 0. The number of hydrogen-bond acceptors (Lipinski definition) is 4. The maximum Gasteiger partial charge on any atom is 0.139 e. The normalized spacial score (nSPS) is 11.7. The monoisotopic (exact) mass is 601 g/mol. The lowest BCUT2D eigenvalue weighted by Gasteiger charge is -2.12. The number of halogens is 2. The number of nitrogens with one attached hydrogen (secondary N) is 2. The summed E-state index contributed by atoms with van der Waals surface area (Å²) in [7, 11) is 0. The van der Waals surface area contributed by atoms with Gasteiger partial charge in [0.2, 0.25) is 0 Å². The van der Waals surface area contributed by atoms with Crippen LogP contribution in [-0.2, 0) is 13.0 Å². The molecule has 0 saturated heterocycles. The molecule has 2 aromatic carbocycles. The highest BCUT2D eigenvalue weighted by Gasteiger charge is 2.19. The minimum Gasteiger partial charge on any atom is -0.383 e. The summed E-state index contributed by atoms with van der Waals surface area (Å²) in [5.74, 6) is 5.83. The van der Waals surface area contributed by atoms with E-state index in [4.69, 9.17) is 10.7 Å². The van der Waals surface area contributed by atoms with Gasteiger partial charge in [-0.05, 0) is 55.7 Å². The molecule has 7 heteroatoms. The number of nitrogens with zero attached hydrogens (tertiary/aromatic N) is 2. The van der Waals surface area contributed by atoms with Crippen LogP contribution in [0.3, 0.4) is 0 Å². The van der Waals surface area contributed by atoms with Crippen LogP contribution in [0.5, 0.6) is 0 Å². The molecule has 2 heterocycles. The molecule has 0 bridgehead atoms. The standard InChI is InChI=1S/C36H35F2N5.C2H2/c1-5-12-26(22-40-21-25-14-9-8-10-15-25)18-27(7-3)32-23-41-36(39)31(34(32)38)20-33-42-24(4)35(43-33)30(13-6-2)28-16-11-17-29(37)19-28;1-2/h6-11,13-19,23,40H,2,20-22H2,1,3-4H3,(H2,39,41)(H,42,43);1-2H/b26-18+,27-7+,30-13-;. The number of rotatable bonds is 11. The highest BCUT2D eigenvalue weighted by molar-refractivity contribution is 5.80. The summed E-state index contributed by atoms with van der Waals surface area (Å²) in [5, 5.41) is 3.40. The lowest BCUT2D eigenvalue weighted by molar-refractivity contribution is 0.607. The summed E-state index contributed by atoms with van der Waals surface area (Å²) in [6.07, 6.45) is 16.6. The van der Waals surface area contributed by atoms with Gasteiger partial charge in [-0.15, -0.1) is 18.8 Å². The van der Waals surface area contributed by atoms with E-state index < -0.39 is 5.82 Å². The van der Waals surface area contributed by atoms with Crippen LogP contribution in [0.25, 0.3) is 11.1 Å². The largest absolute Gasteiger partial charge is 0.383 e. The van der Waals surface area contributed by atoms with Gasteiger partial charge >= 0.3 is 0 Å². The number of aromatic amines is 1. The number of hydrogen-bond donors (Lipinski definition) is 3. The molecule has 0 aliphatic heterocycles. The smallest absolute Gasteiger partial charge is 0.139 e. The van der Waals surface area contributed by atoms with Gasteiger partial charge in [0.05, 0.1) is 5.69 Å². The highest BCUT2D eigenvalue weighted by Crippen LogP contribution is 2.29. The summed E-state index contributed by atoms with van der Waals surface area (Å²) in [4.78, 5) is 12.3. The molecule has 0 saturated carbocycles. The quantitative estimate of drug-likeness (QED) is 0.122. The van der Waals surface area contributed by atoms with Gasteiger partial charge in [-0.25, -0.2) is 18.7 Å². The average molecular weight is 602 g/mol. The van der Waals surface area contributed by atoms with Gasteiger partial charge in [-0.3, -0.25) is 0 Å². The molecule has 0 radical (unpaired) electrons. The van der Waals surface area contributed by atoms with Crippen molar-refractivity contribution < 1.29 is 8.78 Å². The number of H-pyrrole nitrogens is 1. The fourth-order valence-electron chi connectivity index (χ4n) is 4.77. The Morgan fingerprint density at radius 2 is 1.89 bits per heavy atom. The lowest BCUT2D eigenvalue weighted by atomic mass is 10.00. The van der Waals surface area contributed by atoms with E-state index in [1.807, 2.05) is 44.2 Å². The van der Waals surface area contributed by atoms with Gasteiger partial charge in [0.1, 0.15) is 23.3 Å². The molecule has 4 N–H and O–H groups in total. The molecule has 0 aliphatic rings. The molecular formula is C38H37F2N5. The van der Waals surface area contributed by atoms with Gasteiger partial charge in [-0.1, -0.05) is 73.2 Å². The third-order valence-electron chi connectivity index (χ3n) is 6.82. The van der Waals surface area contributed by atoms with Crippen molar-refractivity contribution in [2.45, 2.75) is 33.7 Å². The number of terminal acetylenes is 1.